The Bertz CT molecular complexity index is 558. The molecule has 2 atom stereocenters. The zero-order chi connectivity index (χ0) is 14.8. The number of benzene rings is 1. The summed E-state index contributed by atoms with van der Waals surface area (Å²) >= 11 is 0. The van der Waals surface area contributed by atoms with E-state index in [9.17, 15) is 9.59 Å². The molecule has 0 saturated carbocycles. The maximum Gasteiger partial charge on any atom is 0.242 e. The van der Waals surface area contributed by atoms with E-state index in [2.05, 4.69) is 46.8 Å². The van der Waals surface area contributed by atoms with Crippen molar-refractivity contribution in [3.8, 4) is 0 Å². The van der Waals surface area contributed by atoms with Crippen LogP contribution in [0.5, 0.6) is 0 Å². The Kier molecular flexibility index (Phi) is 3.92. The summed E-state index contributed by atoms with van der Waals surface area (Å²) in [6, 6.07) is 8.41. The summed E-state index contributed by atoms with van der Waals surface area (Å²) in [5, 5.41) is 5.68. The summed E-state index contributed by atoms with van der Waals surface area (Å²) < 4.78 is 0. The van der Waals surface area contributed by atoms with E-state index in [1.54, 1.807) is 0 Å². The van der Waals surface area contributed by atoms with Gasteiger partial charge in [0.05, 0.1) is 0 Å². The Hall–Kier alpha value is -1.88. The van der Waals surface area contributed by atoms with Crippen LogP contribution in [-0.4, -0.2) is 42.4 Å². The largest absolute Gasteiger partial charge is 0.353 e. The maximum absolute atomic E-state index is 12.0. The predicted octanol–water partition coefficient (Wildman–Crippen LogP) is 0.438. The topological polar surface area (TPSA) is 61.4 Å². The van der Waals surface area contributed by atoms with Crippen molar-refractivity contribution >= 4 is 11.8 Å². The number of hydrogen-bond donors (Lipinski definition) is 2. The molecule has 0 radical (unpaired) electrons. The summed E-state index contributed by atoms with van der Waals surface area (Å²) in [7, 11) is 2.09. The van der Waals surface area contributed by atoms with Crippen molar-refractivity contribution < 1.29 is 9.59 Å². The monoisotopic (exact) mass is 287 g/mol. The molecule has 3 rings (SSSR count). The van der Waals surface area contributed by atoms with E-state index >= 15 is 0 Å². The zero-order valence-corrected chi connectivity index (χ0v) is 12.3. The zero-order valence-electron chi connectivity index (χ0n) is 12.3. The number of amides is 2. The number of carbonyl (C=O) groups is 2. The van der Waals surface area contributed by atoms with Crippen molar-refractivity contribution in [2.75, 3.05) is 13.6 Å². The first-order valence-corrected chi connectivity index (χ1v) is 7.47. The van der Waals surface area contributed by atoms with E-state index in [1.807, 2.05) is 0 Å². The van der Waals surface area contributed by atoms with Crippen molar-refractivity contribution in [1.29, 1.82) is 0 Å². The van der Waals surface area contributed by atoms with Crippen molar-refractivity contribution in [2.45, 2.75) is 37.9 Å². The first-order valence-electron chi connectivity index (χ1n) is 7.47. The van der Waals surface area contributed by atoms with E-state index in [4.69, 9.17) is 0 Å². The van der Waals surface area contributed by atoms with Gasteiger partial charge >= 0.3 is 0 Å². The highest BCUT2D eigenvalue weighted by atomic mass is 16.2. The second kappa shape index (κ2) is 5.85. The first-order chi connectivity index (χ1) is 10.1. The number of fused-ring (bicyclic) bond motifs is 1. The van der Waals surface area contributed by atoms with Gasteiger partial charge in [0.2, 0.25) is 11.8 Å². The number of rotatable bonds is 3. The minimum atomic E-state index is -0.348. The average Bonchev–Trinajstić information content (AvgIpc) is 2.91. The molecule has 21 heavy (non-hydrogen) atoms. The summed E-state index contributed by atoms with van der Waals surface area (Å²) in [5.74, 6) is -0.0908. The third kappa shape index (κ3) is 3.08. The molecule has 2 N–H and O–H groups in total. The van der Waals surface area contributed by atoms with E-state index < -0.39 is 0 Å². The fourth-order valence-electron chi connectivity index (χ4n) is 3.10. The molecule has 0 spiro atoms. The van der Waals surface area contributed by atoms with Crippen LogP contribution >= 0.6 is 0 Å². The molecule has 112 valence electrons. The molecule has 1 aromatic rings. The fraction of sp³-hybridized carbons (Fsp3) is 0.500. The molecular weight excluding hydrogens is 266 g/mol. The molecule has 1 aromatic carbocycles. The molecule has 2 aliphatic rings. The molecule has 5 heteroatoms. The Morgan fingerprint density at radius 2 is 2.14 bits per heavy atom. The van der Waals surface area contributed by atoms with Crippen molar-refractivity contribution in [3.63, 3.8) is 0 Å². The molecule has 0 bridgehead atoms. The first kappa shape index (κ1) is 14.1. The van der Waals surface area contributed by atoms with Gasteiger partial charge in [-0.05, 0) is 31.0 Å². The number of hydrogen-bond acceptors (Lipinski definition) is 3. The number of carbonyl (C=O) groups excluding carboxylic acids is 2. The summed E-state index contributed by atoms with van der Waals surface area (Å²) in [6.45, 7) is 1.53. The van der Waals surface area contributed by atoms with Crippen LogP contribution in [-0.2, 0) is 22.6 Å². The molecule has 0 aromatic heterocycles. The van der Waals surface area contributed by atoms with Crippen LogP contribution in [0.15, 0.2) is 24.3 Å². The predicted molar refractivity (Wildman–Crippen MR) is 79.6 cm³/mol. The molecule has 2 heterocycles. The van der Waals surface area contributed by atoms with Crippen molar-refractivity contribution in [3.05, 3.63) is 35.4 Å². The second-order valence-corrected chi connectivity index (χ2v) is 5.95. The van der Waals surface area contributed by atoms with E-state index in [-0.39, 0.29) is 17.9 Å². The van der Waals surface area contributed by atoms with Crippen LogP contribution in [0, 0.1) is 0 Å². The molecule has 1 saturated heterocycles. The van der Waals surface area contributed by atoms with Crippen LogP contribution in [0.4, 0.5) is 0 Å². The van der Waals surface area contributed by atoms with Gasteiger partial charge < -0.3 is 10.6 Å². The summed E-state index contributed by atoms with van der Waals surface area (Å²) in [6.07, 6.45) is 2.01. The van der Waals surface area contributed by atoms with Gasteiger partial charge in [0, 0.05) is 25.6 Å². The van der Waals surface area contributed by atoms with Crippen LogP contribution < -0.4 is 10.6 Å². The van der Waals surface area contributed by atoms with Crippen LogP contribution in [0.25, 0.3) is 0 Å². The Morgan fingerprint density at radius 3 is 2.86 bits per heavy atom. The second-order valence-electron chi connectivity index (χ2n) is 5.95. The number of nitrogens with zero attached hydrogens (tertiary/aromatic N) is 1. The minimum absolute atomic E-state index is 0.0288. The highest BCUT2D eigenvalue weighted by Gasteiger charge is 2.28. The highest BCUT2D eigenvalue weighted by Crippen LogP contribution is 2.21. The highest BCUT2D eigenvalue weighted by molar-refractivity contribution is 5.90. The van der Waals surface area contributed by atoms with Gasteiger partial charge in [-0.15, -0.1) is 0 Å². The van der Waals surface area contributed by atoms with Crippen LogP contribution in [0.2, 0.25) is 0 Å². The van der Waals surface area contributed by atoms with Gasteiger partial charge in [-0.25, -0.2) is 0 Å². The SMILES string of the molecule is CN1Cc2ccccc2C[C@H]1CNC(=O)[C@@H]1CCC(=O)N1. The lowest BCUT2D eigenvalue weighted by molar-refractivity contribution is -0.125. The summed E-state index contributed by atoms with van der Waals surface area (Å²) in [5.41, 5.74) is 2.73. The number of likely N-dealkylation sites (N-methyl/N-ethyl adjacent to an activating group) is 1. The molecule has 0 aliphatic carbocycles. The van der Waals surface area contributed by atoms with Gasteiger partial charge in [-0.2, -0.15) is 0 Å². The van der Waals surface area contributed by atoms with E-state index in [1.165, 1.54) is 11.1 Å². The fourth-order valence-corrected chi connectivity index (χ4v) is 3.10. The third-order valence-electron chi connectivity index (χ3n) is 4.44. The minimum Gasteiger partial charge on any atom is -0.353 e. The lowest BCUT2D eigenvalue weighted by Crippen LogP contribution is -2.49. The molecule has 2 aliphatic heterocycles. The van der Waals surface area contributed by atoms with E-state index in [0.29, 0.717) is 25.4 Å². The Morgan fingerprint density at radius 1 is 1.38 bits per heavy atom. The molecule has 2 amide bonds. The van der Waals surface area contributed by atoms with Gasteiger partial charge in [0.1, 0.15) is 6.04 Å². The normalized spacial score (nSPS) is 25.3. The standard InChI is InChI=1S/C16H21N3O2/c1-19-10-12-5-3-2-4-11(12)8-13(19)9-17-16(21)14-6-7-15(20)18-14/h2-5,13-14H,6-10H2,1H3,(H,17,21)(H,18,20)/t13-,14-/m0/s1. The lowest BCUT2D eigenvalue weighted by Gasteiger charge is -2.34. The molecule has 5 nitrogen and oxygen atoms in total. The smallest absolute Gasteiger partial charge is 0.242 e. The quantitative estimate of drug-likeness (QED) is 0.848. The van der Waals surface area contributed by atoms with Gasteiger partial charge in [-0.3, -0.25) is 14.5 Å². The molecule has 0 unspecified atom stereocenters. The lowest BCUT2D eigenvalue weighted by atomic mass is 9.94. The van der Waals surface area contributed by atoms with Crippen LogP contribution in [0.3, 0.4) is 0 Å². The van der Waals surface area contributed by atoms with Crippen molar-refractivity contribution in [1.82, 2.24) is 15.5 Å². The van der Waals surface area contributed by atoms with Gasteiger partial charge in [0.25, 0.3) is 0 Å². The average molecular weight is 287 g/mol. The third-order valence-corrected chi connectivity index (χ3v) is 4.44. The molecule has 1 fully saturated rings. The Labute approximate surface area is 124 Å². The van der Waals surface area contributed by atoms with Crippen molar-refractivity contribution in [2.24, 2.45) is 0 Å². The summed E-state index contributed by atoms with van der Waals surface area (Å²) in [4.78, 5) is 25.5. The number of nitrogens with one attached hydrogen (secondary N) is 2. The van der Waals surface area contributed by atoms with Gasteiger partial charge in [0.15, 0.2) is 0 Å². The molecular formula is C16H21N3O2. The van der Waals surface area contributed by atoms with Gasteiger partial charge in [-0.1, -0.05) is 24.3 Å². The van der Waals surface area contributed by atoms with E-state index in [0.717, 1.165) is 13.0 Å². The Balaban J connectivity index is 1.56. The van der Waals surface area contributed by atoms with Crippen LogP contribution in [0.1, 0.15) is 24.0 Å². The maximum atomic E-state index is 12.0.